The summed E-state index contributed by atoms with van der Waals surface area (Å²) in [5, 5.41) is 10.9. The second-order valence-corrected chi connectivity index (χ2v) is 8.96. The van der Waals surface area contributed by atoms with Crippen LogP contribution in [0.25, 0.3) is 0 Å². The van der Waals surface area contributed by atoms with Gasteiger partial charge < -0.3 is 15.4 Å². The summed E-state index contributed by atoms with van der Waals surface area (Å²) >= 11 is 18.3. The summed E-state index contributed by atoms with van der Waals surface area (Å²) in [5.74, 6) is -0.523. The molecule has 36 heavy (non-hydrogen) atoms. The molecule has 0 spiro atoms. The molecule has 4 rings (SSSR count). The third-order valence-corrected chi connectivity index (χ3v) is 5.90. The number of amides is 2. The first-order valence-electron chi connectivity index (χ1n) is 11.0. The normalized spacial score (nSPS) is 10.7. The number of hydrogen-bond acceptors (Lipinski definition) is 4. The molecule has 0 aliphatic carbocycles. The Balaban J connectivity index is 1.49. The summed E-state index contributed by atoms with van der Waals surface area (Å²) in [6.07, 6.45) is 1.62. The minimum Gasteiger partial charge on any atom is -0.486 e. The first kappa shape index (κ1) is 25.6. The lowest BCUT2D eigenvalue weighted by atomic mass is 10.1. The van der Waals surface area contributed by atoms with Crippen LogP contribution in [0.15, 0.2) is 72.9 Å². The van der Waals surface area contributed by atoms with Crippen LogP contribution in [0.1, 0.15) is 33.3 Å². The van der Waals surface area contributed by atoms with Gasteiger partial charge in [0.15, 0.2) is 11.4 Å². The molecular weight excluding hydrogens is 523 g/mol. The Bertz CT molecular complexity index is 1380. The number of carbonyl (C=O) groups is 2. The number of aryl methyl sites for hydroxylation is 1. The first-order valence-corrected chi connectivity index (χ1v) is 12.1. The standard InChI is InChI=1S/C26H21Cl3N4O3/c1-2-33-14-22(23(32-33)26(35)30-19-9-4-3-5-10-19)31-25(34)17-8-6-7-16(11-17)15-36-24-20(28)12-18(27)13-21(24)29/h3-14H,2,15H2,1H3,(H,30,35)(H,31,34). The van der Waals surface area contributed by atoms with Gasteiger partial charge in [0.2, 0.25) is 0 Å². The number of hydrogen-bond donors (Lipinski definition) is 2. The van der Waals surface area contributed by atoms with Crippen molar-refractivity contribution in [2.45, 2.75) is 20.1 Å². The number of anilines is 2. The van der Waals surface area contributed by atoms with E-state index in [2.05, 4.69) is 15.7 Å². The molecule has 10 heteroatoms. The van der Waals surface area contributed by atoms with Crippen molar-refractivity contribution < 1.29 is 14.3 Å². The second kappa shape index (κ2) is 11.5. The van der Waals surface area contributed by atoms with Crippen LogP contribution in [0.5, 0.6) is 5.75 Å². The van der Waals surface area contributed by atoms with Crippen LogP contribution in [-0.4, -0.2) is 21.6 Å². The lowest BCUT2D eigenvalue weighted by Crippen LogP contribution is -2.18. The third-order valence-electron chi connectivity index (χ3n) is 5.12. The smallest absolute Gasteiger partial charge is 0.278 e. The van der Waals surface area contributed by atoms with Gasteiger partial charge in [0.05, 0.1) is 15.7 Å². The topological polar surface area (TPSA) is 85.2 Å². The van der Waals surface area contributed by atoms with Crippen LogP contribution in [0.2, 0.25) is 15.1 Å². The van der Waals surface area contributed by atoms with Gasteiger partial charge in [0.25, 0.3) is 11.8 Å². The molecule has 0 bridgehead atoms. The largest absolute Gasteiger partial charge is 0.486 e. The second-order valence-electron chi connectivity index (χ2n) is 7.71. The Labute approximate surface area is 222 Å². The number of benzene rings is 3. The van der Waals surface area contributed by atoms with E-state index in [0.717, 1.165) is 5.56 Å². The molecule has 3 aromatic carbocycles. The highest BCUT2D eigenvalue weighted by Gasteiger charge is 2.20. The Morgan fingerprint density at radius 1 is 0.917 bits per heavy atom. The van der Waals surface area contributed by atoms with Gasteiger partial charge in [-0.25, -0.2) is 0 Å². The number of nitrogens with zero attached hydrogens (tertiary/aromatic N) is 2. The molecule has 0 atom stereocenters. The van der Waals surface area contributed by atoms with Crippen molar-refractivity contribution in [3.8, 4) is 5.75 Å². The lowest BCUT2D eigenvalue weighted by Gasteiger charge is -2.11. The Morgan fingerprint density at radius 2 is 1.64 bits per heavy atom. The zero-order valence-electron chi connectivity index (χ0n) is 19.1. The number of ether oxygens (including phenoxy) is 1. The average Bonchev–Trinajstić information content (AvgIpc) is 3.27. The fourth-order valence-corrected chi connectivity index (χ4v) is 4.30. The lowest BCUT2D eigenvalue weighted by molar-refractivity contribution is 0.102. The summed E-state index contributed by atoms with van der Waals surface area (Å²) in [7, 11) is 0. The molecule has 7 nitrogen and oxygen atoms in total. The van der Waals surface area contributed by atoms with Crippen molar-refractivity contribution in [1.82, 2.24) is 9.78 Å². The molecule has 184 valence electrons. The van der Waals surface area contributed by atoms with Crippen LogP contribution in [0, 0.1) is 0 Å². The van der Waals surface area contributed by atoms with E-state index in [9.17, 15) is 9.59 Å². The summed E-state index contributed by atoms with van der Waals surface area (Å²) in [6, 6.07) is 19.0. The molecule has 0 radical (unpaired) electrons. The zero-order valence-corrected chi connectivity index (χ0v) is 21.4. The highest BCUT2D eigenvalue weighted by molar-refractivity contribution is 6.40. The SMILES string of the molecule is CCn1cc(NC(=O)c2cccc(COc3c(Cl)cc(Cl)cc3Cl)c2)c(C(=O)Nc2ccccc2)n1. The third kappa shape index (κ3) is 6.18. The molecule has 0 unspecified atom stereocenters. The van der Waals surface area contributed by atoms with Crippen LogP contribution >= 0.6 is 34.8 Å². The van der Waals surface area contributed by atoms with E-state index in [1.165, 1.54) is 12.1 Å². The number of halogens is 3. The molecule has 1 aromatic heterocycles. The minimum atomic E-state index is -0.428. The van der Waals surface area contributed by atoms with Crippen LogP contribution in [-0.2, 0) is 13.2 Å². The van der Waals surface area contributed by atoms with Crippen molar-refractivity contribution in [3.63, 3.8) is 0 Å². The zero-order chi connectivity index (χ0) is 25.7. The molecule has 0 aliphatic heterocycles. The van der Waals surface area contributed by atoms with E-state index in [4.69, 9.17) is 39.5 Å². The monoisotopic (exact) mass is 542 g/mol. The molecular formula is C26H21Cl3N4O3. The summed E-state index contributed by atoms with van der Waals surface area (Å²) in [4.78, 5) is 25.9. The predicted octanol–water partition coefficient (Wildman–Crippen LogP) is 6.95. The maximum atomic E-state index is 13.0. The number of aromatic nitrogens is 2. The molecule has 1 heterocycles. The van der Waals surface area contributed by atoms with Crippen molar-refractivity contribution >= 4 is 58.0 Å². The van der Waals surface area contributed by atoms with Crippen molar-refractivity contribution in [2.24, 2.45) is 0 Å². The van der Waals surface area contributed by atoms with Gasteiger partial charge in [-0.2, -0.15) is 5.10 Å². The van der Waals surface area contributed by atoms with Crippen molar-refractivity contribution in [3.05, 3.63) is 105 Å². The molecule has 2 N–H and O–H groups in total. The summed E-state index contributed by atoms with van der Waals surface area (Å²) in [5.41, 5.74) is 2.13. The molecule has 4 aromatic rings. The van der Waals surface area contributed by atoms with Gasteiger partial charge in [0.1, 0.15) is 6.61 Å². The number of carbonyl (C=O) groups excluding carboxylic acids is 2. The van der Waals surface area contributed by atoms with E-state index in [1.54, 1.807) is 41.2 Å². The van der Waals surface area contributed by atoms with Gasteiger partial charge in [-0.3, -0.25) is 14.3 Å². The van der Waals surface area contributed by atoms with Gasteiger partial charge in [-0.15, -0.1) is 0 Å². The van der Waals surface area contributed by atoms with Gasteiger partial charge in [0, 0.05) is 29.0 Å². The predicted molar refractivity (Wildman–Crippen MR) is 142 cm³/mol. The number of para-hydroxylation sites is 1. The van der Waals surface area contributed by atoms with Crippen LogP contribution in [0.3, 0.4) is 0 Å². The molecule has 0 saturated heterocycles. The molecule has 0 aliphatic rings. The maximum absolute atomic E-state index is 13.0. The average molecular weight is 544 g/mol. The highest BCUT2D eigenvalue weighted by Crippen LogP contribution is 2.36. The van der Waals surface area contributed by atoms with Crippen LogP contribution in [0.4, 0.5) is 11.4 Å². The fraction of sp³-hybridized carbons (Fsp3) is 0.115. The van der Waals surface area contributed by atoms with E-state index < -0.39 is 11.8 Å². The molecule has 0 saturated carbocycles. The maximum Gasteiger partial charge on any atom is 0.278 e. The molecule has 2 amide bonds. The van der Waals surface area contributed by atoms with E-state index in [-0.39, 0.29) is 22.3 Å². The first-order chi connectivity index (χ1) is 17.3. The van der Waals surface area contributed by atoms with Gasteiger partial charge in [-0.05, 0) is 48.9 Å². The Hall–Kier alpha value is -3.52. The Kier molecular flexibility index (Phi) is 8.15. The van der Waals surface area contributed by atoms with E-state index in [1.807, 2.05) is 31.2 Å². The number of rotatable bonds is 8. The van der Waals surface area contributed by atoms with E-state index in [0.29, 0.717) is 34.3 Å². The summed E-state index contributed by atoms with van der Waals surface area (Å²) < 4.78 is 7.35. The van der Waals surface area contributed by atoms with Crippen molar-refractivity contribution in [2.75, 3.05) is 10.6 Å². The molecule has 0 fully saturated rings. The van der Waals surface area contributed by atoms with Crippen LogP contribution < -0.4 is 15.4 Å². The van der Waals surface area contributed by atoms with Gasteiger partial charge in [-0.1, -0.05) is 65.1 Å². The fourth-order valence-electron chi connectivity index (χ4n) is 3.37. The summed E-state index contributed by atoms with van der Waals surface area (Å²) in [6.45, 7) is 2.55. The number of nitrogens with one attached hydrogen (secondary N) is 2. The Morgan fingerprint density at radius 3 is 2.33 bits per heavy atom. The highest BCUT2D eigenvalue weighted by atomic mass is 35.5. The minimum absolute atomic E-state index is 0.112. The van der Waals surface area contributed by atoms with E-state index >= 15 is 0 Å². The van der Waals surface area contributed by atoms with Gasteiger partial charge >= 0.3 is 0 Å². The quantitative estimate of drug-likeness (QED) is 0.252. The van der Waals surface area contributed by atoms with Crippen molar-refractivity contribution in [1.29, 1.82) is 0 Å².